The van der Waals surface area contributed by atoms with Gasteiger partial charge in [-0.05, 0) is 23.3 Å². The van der Waals surface area contributed by atoms with Crippen LogP contribution in [0.1, 0.15) is 11.1 Å². The van der Waals surface area contributed by atoms with Crippen molar-refractivity contribution in [2.75, 3.05) is 20.3 Å². The fourth-order valence-electron chi connectivity index (χ4n) is 2.32. The van der Waals surface area contributed by atoms with Crippen molar-refractivity contribution in [3.8, 4) is 0 Å². The molecule has 0 aliphatic heterocycles. The summed E-state index contributed by atoms with van der Waals surface area (Å²) >= 11 is 0. The second-order valence-corrected chi connectivity index (χ2v) is 7.61. The molecule has 0 spiro atoms. The highest BCUT2D eigenvalue weighted by molar-refractivity contribution is 7.89. The van der Waals surface area contributed by atoms with Crippen LogP contribution in [0.15, 0.2) is 58.4 Å². The van der Waals surface area contributed by atoms with Gasteiger partial charge >= 0.3 is 0 Å². The molecule has 2 aromatic rings. The molecular weight excluding hydrogens is 398 g/mol. The summed E-state index contributed by atoms with van der Waals surface area (Å²) in [6, 6.07) is 12.4. The first kappa shape index (κ1) is 22.3. The molecule has 0 aliphatic rings. The van der Waals surface area contributed by atoms with Crippen LogP contribution in [0, 0.1) is 10.1 Å². The molecule has 29 heavy (non-hydrogen) atoms. The van der Waals surface area contributed by atoms with E-state index in [1.165, 1.54) is 24.3 Å². The van der Waals surface area contributed by atoms with Crippen molar-refractivity contribution >= 4 is 21.7 Å². The molecule has 0 atom stereocenters. The summed E-state index contributed by atoms with van der Waals surface area (Å²) in [4.78, 5) is 14.8. The summed E-state index contributed by atoms with van der Waals surface area (Å²) in [6.45, 7) is 1.75. The van der Waals surface area contributed by atoms with Gasteiger partial charge in [-0.3, -0.25) is 10.1 Å². The van der Waals surface area contributed by atoms with E-state index in [4.69, 9.17) is 9.88 Å². The molecule has 2 rings (SSSR count). The summed E-state index contributed by atoms with van der Waals surface area (Å²) < 4.78 is 27.7. The Bertz CT molecular complexity index is 944. The van der Waals surface area contributed by atoms with E-state index in [1.54, 1.807) is 31.4 Å². The lowest BCUT2D eigenvalue weighted by Gasteiger charge is -2.12. The molecule has 0 saturated heterocycles. The fourth-order valence-corrected chi connectivity index (χ4v) is 2.84. The first-order valence-electron chi connectivity index (χ1n) is 8.66. The minimum absolute atomic E-state index is 0.0313. The van der Waals surface area contributed by atoms with Crippen molar-refractivity contribution in [1.82, 2.24) is 10.6 Å². The summed E-state index contributed by atoms with van der Waals surface area (Å²) in [6.07, 6.45) is 0. The topological polar surface area (TPSA) is 149 Å². The minimum Gasteiger partial charge on any atom is -0.383 e. The highest BCUT2D eigenvalue weighted by Crippen LogP contribution is 2.12. The molecule has 0 radical (unpaired) electrons. The number of ether oxygens (including phenoxy) is 1. The number of hydrogen-bond acceptors (Lipinski definition) is 6. The highest BCUT2D eigenvalue weighted by atomic mass is 32.2. The van der Waals surface area contributed by atoms with E-state index < -0.39 is 14.9 Å². The number of nitro benzene ring substituents is 1. The Labute approximate surface area is 169 Å². The molecule has 0 aliphatic carbocycles. The number of nitrogens with one attached hydrogen (secondary N) is 2. The number of non-ortho nitro benzene ring substituents is 1. The van der Waals surface area contributed by atoms with Gasteiger partial charge in [0.25, 0.3) is 5.69 Å². The second-order valence-electron chi connectivity index (χ2n) is 6.05. The molecule has 11 heteroatoms. The van der Waals surface area contributed by atoms with Gasteiger partial charge in [-0.15, -0.1) is 0 Å². The predicted octanol–water partition coefficient (Wildman–Crippen LogP) is 1.12. The van der Waals surface area contributed by atoms with Crippen LogP contribution in [0.4, 0.5) is 5.69 Å². The van der Waals surface area contributed by atoms with Crippen LogP contribution in [-0.2, 0) is 27.8 Å². The number of primary sulfonamides is 1. The molecule has 0 bridgehead atoms. The first-order valence-corrected chi connectivity index (χ1v) is 10.2. The summed E-state index contributed by atoms with van der Waals surface area (Å²) in [5, 5.41) is 22.1. The van der Waals surface area contributed by atoms with E-state index in [0.29, 0.717) is 32.2 Å². The van der Waals surface area contributed by atoms with Gasteiger partial charge in [0.15, 0.2) is 5.96 Å². The summed E-state index contributed by atoms with van der Waals surface area (Å²) in [5.41, 5.74) is 1.69. The molecule has 0 heterocycles. The van der Waals surface area contributed by atoms with E-state index in [9.17, 15) is 18.5 Å². The zero-order chi connectivity index (χ0) is 21.3. The zero-order valence-electron chi connectivity index (χ0n) is 15.9. The third-order valence-electron chi connectivity index (χ3n) is 3.88. The molecular formula is C18H23N5O5S. The van der Waals surface area contributed by atoms with Gasteiger partial charge in [0.05, 0.1) is 23.0 Å². The van der Waals surface area contributed by atoms with Crippen molar-refractivity contribution in [1.29, 1.82) is 0 Å². The molecule has 0 unspecified atom stereocenters. The highest BCUT2D eigenvalue weighted by Gasteiger charge is 2.07. The van der Waals surface area contributed by atoms with Gasteiger partial charge in [0, 0.05) is 32.3 Å². The number of hydrogen-bond donors (Lipinski definition) is 3. The van der Waals surface area contributed by atoms with Gasteiger partial charge in [0.2, 0.25) is 10.0 Å². The second kappa shape index (κ2) is 10.5. The van der Waals surface area contributed by atoms with Gasteiger partial charge in [-0.2, -0.15) is 0 Å². The van der Waals surface area contributed by atoms with Crippen LogP contribution in [0.25, 0.3) is 0 Å². The third-order valence-corrected chi connectivity index (χ3v) is 4.81. The number of guanidine groups is 1. The molecule has 2 aromatic carbocycles. The summed E-state index contributed by atoms with van der Waals surface area (Å²) in [7, 11) is -2.14. The van der Waals surface area contributed by atoms with Crippen LogP contribution in [0.5, 0.6) is 0 Å². The lowest BCUT2D eigenvalue weighted by atomic mass is 10.2. The number of methoxy groups -OCH3 is 1. The van der Waals surface area contributed by atoms with Gasteiger partial charge in [-0.25, -0.2) is 18.5 Å². The molecule has 10 nitrogen and oxygen atoms in total. The molecule has 0 fully saturated rings. The Kier molecular flexibility index (Phi) is 8.07. The van der Waals surface area contributed by atoms with Crippen LogP contribution < -0.4 is 15.8 Å². The SMILES string of the molecule is COCCNC(=NCc1ccc(S(N)(=O)=O)cc1)NCc1ccc([N+](=O)[O-])cc1. The Morgan fingerprint density at radius 3 is 2.28 bits per heavy atom. The Morgan fingerprint density at radius 1 is 1.10 bits per heavy atom. The molecule has 156 valence electrons. The Balaban J connectivity index is 2.03. The largest absolute Gasteiger partial charge is 0.383 e. The third kappa shape index (κ3) is 7.49. The number of aliphatic imine (C=N–C) groups is 1. The number of benzene rings is 2. The van der Waals surface area contributed by atoms with Gasteiger partial charge in [0.1, 0.15) is 0 Å². The van der Waals surface area contributed by atoms with E-state index >= 15 is 0 Å². The number of nitrogens with zero attached hydrogens (tertiary/aromatic N) is 2. The molecule has 0 saturated carbocycles. The van der Waals surface area contributed by atoms with E-state index in [0.717, 1.165) is 11.1 Å². The molecule has 0 aromatic heterocycles. The quantitative estimate of drug-likeness (QED) is 0.181. The number of rotatable bonds is 9. The van der Waals surface area contributed by atoms with E-state index in [-0.39, 0.29) is 10.6 Å². The Morgan fingerprint density at radius 2 is 1.72 bits per heavy atom. The van der Waals surface area contributed by atoms with Crippen LogP contribution in [-0.4, -0.2) is 39.6 Å². The van der Waals surface area contributed by atoms with Gasteiger partial charge in [-0.1, -0.05) is 24.3 Å². The maximum absolute atomic E-state index is 11.3. The van der Waals surface area contributed by atoms with Crippen molar-refractivity contribution < 1.29 is 18.1 Å². The van der Waals surface area contributed by atoms with Crippen molar-refractivity contribution in [2.24, 2.45) is 10.1 Å². The number of nitrogens with two attached hydrogens (primary N) is 1. The van der Waals surface area contributed by atoms with Crippen LogP contribution >= 0.6 is 0 Å². The molecule has 4 N–H and O–H groups in total. The lowest BCUT2D eigenvalue weighted by Crippen LogP contribution is -2.38. The standard InChI is InChI=1S/C18H23N5O5S/c1-28-11-10-20-18(21-12-14-2-6-16(7-3-14)23(24)25)22-13-15-4-8-17(9-5-15)29(19,26)27/h2-9H,10-13H2,1H3,(H2,19,26,27)(H2,20,21,22). The maximum Gasteiger partial charge on any atom is 0.269 e. The van der Waals surface area contributed by atoms with Crippen molar-refractivity contribution in [3.05, 3.63) is 69.8 Å². The first-order chi connectivity index (χ1) is 13.8. The van der Waals surface area contributed by atoms with Crippen LogP contribution in [0.3, 0.4) is 0 Å². The lowest BCUT2D eigenvalue weighted by molar-refractivity contribution is -0.384. The molecule has 0 amide bonds. The van der Waals surface area contributed by atoms with Crippen molar-refractivity contribution in [3.63, 3.8) is 0 Å². The van der Waals surface area contributed by atoms with E-state index in [2.05, 4.69) is 15.6 Å². The van der Waals surface area contributed by atoms with Crippen LogP contribution in [0.2, 0.25) is 0 Å². The van der Waals surface area contributed by atoms with E-state index in [1.807, 2.05) is 0 Å². The number of nitro groups is 1. The Hall–Kier alpha value is -3.02. The minimum atomic E-state index is -3.73. The zero-order valence-corrected chi connectivity index (χ0v) is 16.7. The average Bonchev–Trinajstić information content (AvgIpc) is 2.69. The normalized spacial score (nSPS) is 11.9. The fraction of sp³-hybridized carbons (Fsp3) is 0.278. The number of sulfonamides is 1. The predicted molar refractivity (Wildman–Crippen MR) is 109 cm³/mol. The van der Waals surface area contributed by atoms with Crippen molar-refractivity contribution in [2.45, 2.75) is 18.0 Å². The monoisotopic (exact) mass is 421 g/mol. The van der Waals surface area contributed by atoms with Gasteiger partial charge < -0.3 is 15.4 Å². The maximum atomic E-state index is 11.3. The smallest absolute Gasteiger partial charge is 0.269 e. The average molecular weight is 421 g/mol. The summed E-state index contributed by atoms with van der Waals surface area (Å²) in [5.74, 6) is 0.524.